The normalized spacial score (nSPS) is 17.2. The molecule has 2 atom stereocenters. The van der Waals surface area contributed by atoms with E-state index in [1.165, 1.54) is 5.56 Å². The predicted molar refractivity (Wildman–Crippen MR) is 115 cm³/mol. The molecule has 2 aromatic carbocycles. The maximum absolute atomic E-state index is 12.9. The highest BCUT2D eigenvalue weighted by Gasteiger charge is 2.26. The second-order valence-corrected chi connectivity index (χ2v) is 7.60. The number of para-hydroxylation sites is 1. The number of benzene rings is 2. The van der Waals surface area contributed by atoms with Gasteiger partial charge in [-0.15, -0.1) is 0 Å². The summed E-state index contributed by atoms with van der Waals surface area (Å²) < 4.78 is 0. The first-order valence-corrected chi connectivity index (χ1v) is 10.2. The van der Waals surface area contributed by atoms with Crippen LogP contribution in [-0.4, -0.2) is 48.1 Å². The average molecular weight is 382 g/mol. The Morgan fingerprint density at radius 1 is 1.04 bits per heavy atom. The first kappa shape index (κ1) is 20.2. The van der Waals surface area contributed by atoms with Crippen LogP contribution < -0.4 is 10.2 Å². The van der Waals surface area contributed by atoms with Gasteiger partial charge in [0.05, 0.1) is 6.04 Å². The smallest absolute Gasteiger partial charge is 0.241 e. The highest BCUT2D eigenvalue weighted by molar-refractivity contribution is 5.95. The molecule has 0 radical (unpaired) electrons. The van der Waals surface area contributed by atoms with E-state index in [1.54, 1.807) is 12.1 Å². The summed E-state index contributed by atoms with van der Waals surface area (Å²) in [5.41, 5.74) is 3.23. The number of hydrogen-bond acceptors (Lipinski definition) is 4. The zero-order chi connectivity index (χ0) is 20.1. The maximum Gasteiger partial charge on any atom is 0.241 e. The number of nitrogens with one attached hydrogen (secondary N) is 1. The van der Waals surface area contributed by atoms with E-state index in [0.29, 0.717) is 5.92 Å². The van der Waals surface area contributed by atoms with Crippen molar-refractivity contribution in [2.45, 2.75) is 39.2 Å². The van der Waals surface area contributed by atoms with Crippen molar-refractivity contribution in [3.05, 3.63) is 54.1 Å². The molecule has 1 saturated heterocycles. The largest absolute Gasteiger partial charge is 0.508 e. The Labute approximate surface area is 168 Å². The van der Waals surface area contributed by atoms with Crippen LogP contribution in [0.25, 0.3) is 0 Å². The van der Waals surface area contributed by atoms with Gasteiger partial charge >= 0.3 is 0 Å². The molecule has 2 N–H and O–H groups in total. The third-order valence-electron chi connectivity index (χ3n) is 5.82. The molecular formula is C23H31N3O2. The molecule has 0 unspecified atom stereocenters. The highest BCUT2D eigenvalue weighted by Crippen LogP contribution is 2.27. The first-order valence-electron chi connectivity index (χ1n) is 10.2. The Hall–Kier alpha value is -2.53. The van der Waals surface area contributed by atoms with Crippen LogP contribution in [0.3, 0.4) is 0 Å². The highest BCUT2D eigenvalue weighted by atomic mass is 16.3. The van der Waals surface area contributed by atoms with Crippen molar-refractivity contribution in [3.63, 3.8) is 0 Å². The van der Waals surface area contributed by atoms with E-state index < -0.39 is 0 Å². The van der Waals surface area contributed by atoms with Crippen LogP contribution in [0.2, 0.25) is 0 Å². The summed E-state index contributed by atoms with van der Waals surface area (Å²) in [6.07, 6.45) is 1.04. The van der Waals surface area contributed by atoms with Crippen molar-refractivity contribution in [1.29, 1.82) is 0 Å². The summed E-state index contributed by atoms with van der Waals surface area (Å²) in [6.45, 7) is 9.75. The molecule has 2 aromatic rings. The molecule has 5 heteroatoms. The van der Waals surface area contributed by atoms with Gasteiger partial charge in [-0.3, -0.25) is 9.69 Å². The number of phenolic OH excluding ortho intramolecular Hbond substituents is 1. The Bertz CT molecular complexity index is 783. The molecule has 1 heterocycles. The third-order valence-corrected chi connectivity index (χ3v) is 5.82. The zero-order valence-electron chi connectivity index (χ0n) is 17.1. The van der Waals surface area contributed by atoms with Crippen molar-refractivity contribution < 1.29 is 9.90 Å². The van der Waals surface area contributed by atoms with Crippen LogP contribution in [0.1, 0.15) is 38.7 Å². The lowest BCUT2D eigenvalue weighted by Crippen LogP contribution is -2.52. The molecule has 1 amide bonds. The molecule has 28 heavy (non-hydrogen) atoms. The number of amides is 1. The van der Waals surface area contributed by atoms with E-state index in [0.717, 1.165) is 44.0 Å². The van der Waals surface area contributed by atoms with Gasteiger partial charge in [-0.05, 0) is 55.2 Å². The second-order valence-electron chi connectivity index (χ2n) is 7.60. The lowest BCUT2D eigenvalue weighted by molar-refractivity contribution is -0.120. The number of carbonyl (C=O) groups excluding carboxylic acids is 1. The standard InChI is InChI=1S/C23H31N3O2/c1-4-17(2)21-7-5-6-8-22(21)24-23(28)18(3)25-13-15-26(16-14-25)19-9-11-20(27)12-10-19/h5-12,17-18,27H,4,13-16H2,1-3H3,(H,24,28)/t17-,18+/m1/s1. The van der Waals surface area contributed by atoms with Gasteiger partial charge in [0.25, 0.3) is 0 Å². The number of hydrogen-bond donors (Lipinski definition) is 2. The van der Waals surface area contributed by atoms with Crippen LogP contribution in [0.5, 0.6) is 5.75 Å². The SMILES string of the molecule is CC[C@@H](C)c1ccccc1NC(=O)[C@H](C)N1CCN(c2ccc(O)cc2)CC1. The predicted octanol–water partition coefficient (Wildman–Crippen LogP) is 4.05. The lowest BCUT2D eigenvalue weighted by Gasteiger charge is -2.38. The number of aromatic hydroxyl groups is 1. The quantitative estimate of drug-likeness (QED) is 0.792. The minimum atomic E-state index is -0.174. The van der Waals surface area contributed by atoms with Gasteiger partial charge in [-0.25, -0.2) is 0 Å². The van der Waals surface area contributed by atoms with Gasteiger partial charge < -0.3 is 15.3 Å². The van der Waals surface area contributed by atoms with Gasteiger partial charge in [0.2, 0.25) is 5.91 Å². The first-order chi connectivity index (χ1) is 13.5. The minimum absolute atomic E-state index is 0.0498. The summed E-state index contributed by atoms with van der Waals surface area (Å²) in [7, 11) is 0. The van der Waals surface area contributed by atoms with Crippen molar-refractivity contribution >= 4 is 17.3 Å². The van der Waals surface area contributed by atoms with Crippen molar-refractivity contribution in [1.82, 2.24) is 4.90 Å². The Kier molecular flexibility index (Phi) is 6.57. The van der Waals surface area contributed by atoms with Crippen molar-refractivity contribution in [2.24, 2.45) is 0 Å². The van der Waals surface area contributed by atoms with Gasteiger partial charge in [-0.2, -0.15) is 0 Å². The van der Waals surface area contributed by atoms with Crippen LogP contribution >= 0.6 is 0 Å². The Morgan fingerprint density at radius 3 is 2.32 bits per heavy atom. The monoisotopic (exact) mass is 381 g/mol. The third kappa shape index (κ3) is 4.65. The van der Waals surface area contributed by atoms with E-state index in [-0.39, 0.29) is 17.7 Å². The van der Waals surface area contributed by atoms with Crippen LogP contribution in [0.4, 0.5) is 11.4 Å². The molecule has 1 aliphatic heterocycles. The molecule has 150 valence electrons. The van der Waals surface area contributed by atoms with E-state index >= 15 is 0 Å². The number of carbonyl (C=O) groups is 1. The number of phenols is 1. The molecular weight excluding hydrogens is 350 g/mol. The molecule has 0 aliphatic carbocycles. The fraction of sp³-hybridized carbons (Fsp3) is 0.435. The van der Waals surface area contributed by atoms with Crippen LogP contribution in [0.15, 0.2) is 48.5 Å². The molecule has 1 fully saturated rings. The van der Waals surface area contributed by atoms with E-state index in [4.69, 9.17) is 0 Å². The Balaban J connectivity index is 1.58. The summed E-state index contributed by atoms with van der Waals surface area (Å²) in [5.74, 6) is 0.750. The van der Waals surface area contributed by atoms with Gasteiger partial charge in [-0.1, -0.05) is 32.0 Å². The fourth-order valence-electron chi connectivity index (χ4n) is 3.69. The molecule has 0 aromatic heterocycles. The minimum Gasteiger partial charge on any atom is -0.508 e. The topological polar surface area (TPSA) is 55.8 Å². The summed E-state index contributed by atoms with van der Waals surface area (Å²) >= 11 is 0. The lowest BCUT2D eigenvalue weighted by atomic mass is 9.97. The number of piperazine rings is 1. The van der Waals surface area contributed by atoms with E-state index in [2.05, 4.69) is 35.0 Å². The maximum atomic E-state index is 12.9. The molecule has 5 nitrogen and oxygen atoms in total. The number of anilines is 2. The average Bonchev–Trinajstić information content (AvgIpc) is 2.73. The van der Waals surface area contributed by atoms with Crippen molar-refractivity contribution in [3.8, 4) is 5.75 Å². The van der Waals surface area contributed by atoms with E-state index in [1.807, 2.05) is 37.3 Å². The molecule has 1 aliphatic rings. The van der Waals surface area contributed by atoms with Gasteiger partial charge in [0.1, 0.15) is 5.75 Å². The number of nitrogens with zero attached hydrogens (tertiary/aromatic N) is 2. The zero-order valence-corrected chi connectivity index (χ0v) is 17.1. The summed E-state index contributed by atoms with van der Waals surface area (Å²) in [5, 5.41) is 12.6. The second kappa shape index (κ2) is 9.11. The fourth-order valence-corrected chi connectivity index (χ4v) is 3.69. The molecule has 0 bridgehead atoms. The molecule has 3 rings (SSSR count). The number of rotatable bonds is 6. The molecule has 0 spiro atoms. The van der Waals surface area contributed by atoms with Crippen molar-refractivity contribution in [2.75, 3.05) is 36.4 Å². The van der Waals surface area contributed by atoms with Crippen LogP contribution in [0, 0.1) is 0 Å². The summed E-state index contributed by atoms with van der Waals surface area (Å²) in [4.78, 5) is 17.4. The summed E-state index contributed by atoms with van der Waals surface area (Å²) in [6, 6.07) is 15.2. The van der Waals surface area contributed by atoms with Gasteiger partial charge in [0.15, 0.2) is 0 Å². The Morgan fingerprint density at radius 2 is 1.68 bits per heavy atom. The van der Waals surface area contributed by atoms with Crippen LogP contribution in [-0.2, 0) is 4.79 Å². The molecule has 0 saturated carbocycles. The van der Waals surface area contributed by atoms with E-state index in [9.17, 15) is 9.90 Å². The van der Waals surface area contributed by atoms with Gasteiger partial charge in [0, 0.05) is 37.6 Å².